The van der Waals surface area contributed by atoms with Crippen molar-refractivity contribution in [2.24, 2.45) is 11.3 Å². The summed E-state index contributed by atoms with van der Waals surface area (Å²) < 4.78 is 0. The molecule has 0 aromatic carbocycles. The maximum Gasteiger partial charge on any atom is 0.126 e. The van der Waals surface area contributed by atoms with Gasteiger partial charge in [0.2, 0.25) is 0 Å². The van der Waals surface area contributed by atoms with Crippen molar-refractivity contribution in [3.63, 3.8) is 0 Å². The minimum absolute atomic E-state index is 0.198. The van der Waals surface area contributed by atoms with Crippen LogP contribution in [0.5, 0.6) is 0 Å². The summed E-state index contributed by atoms with van der Waals surface area (Å²) >= 11 is 0. The molecule has 11 heavy (non-hydrogen) atoms. The molecule has 1 unspecified atom stereocenters. The quantitative estimate of drug-likeness (QED) is 0.417. The van der Waals surface area contributed by atoms with Gasteiger partial charge in [0.1, 0.15) is 6.29 Å². The molecule has 0 spiro atoms. The number of hydrogen-bond acceptors (Lipinski definition) is 1. The van der Waals surface area contributed by atoms with Crippen LogP contribution in [0.2, 0.25) is 0 Å². The van der Waals surface area contributed by atoms with Gasteiger partial charge >= 0.3 is 0 Å². The summed E-state index contributed by atoms with van der Waals surface area (Å²) in [6.07, 6.45) is 5.31. The first-order valence-corrected chi connectivity index (χ1v) is 4.20. The van der Waals surface area contributed by atoms with Gasteiger partial charge in [-0.2, -0.15) is 0 Å². The second-order valence-corrected chi connectivity index (χ2v) is 4.28. The Hall–Kier alpha value is -0.590. The highest BCUT2D eigenvalue weighted by Gasteiger charge is 2.23. The zero-order valence-corrected chi connectivity index (χ0v) is 7.55. The van der Waals surface area contributed by atoms with Crippen molar-refractivity contribution in [2.45, 2.75) is 33.6 Å². The number of hydrogen-bond donors (Lipinski definition) is 0. The first-order chi connectivity index (χ1) is 5.04. The summed E-state index contributed by atoms with van der Waals surface area (Å²) in [5.41, 5.74) is 1.70. The van der Waals surface area contributed by atoms with E-state index in [-0.39, 0.29) is 11.3 Å². The van der Waals surface area contributed by atoms with Crippen LogP contribution in [0.4, 0.5) is 0 Å². The van der Waals surface area contributed by atoms with Crippen LogP contribution in [0.25, 0.3) is 0 Å². The van der Waals surface area contributed by atoms with E-state index in [0.29, 0.717) is 0 Å². The number of carbonyl (C=O) groups is 1. The SMILES string of the molecule is CC(C)(C)C1=CC(C=O)CC1. The highest BCUT2D eigenvalue weighted by Crippen LogP contribution is 2.35. The Balaban J connectivity index is 2.69. The van der Waals surface area contributed by atoms with Crippen LogP contribution in [0.3, 0.4) is 0 Å². The van der Waals surface area contributed by atoms with Crippen LogP contribution in [-0.2, 0) is 4.79 Å². The first-order valence-electron chi connectivity index (χ1n) is 4.20. The lowest BCUT2D eigenvalue weighted by atomic mass is 9.86. The third-order valence-corrected chi connectivity index (χ3v) is 2.30. The fourth-order valence-electron chi connectivity index (χ4n) is 1.48. The van der Waals surface area contributed by atoms with Crippen LogP contribution in [0.15, 0.2) is 11.6 Å². The average Bonchev–Trinajstić information content (AvgIpc) is 2.32. The van der Waals surface area contributed by atoms with Crippen LogP contribution >= 0.6 is 0 Å². The molecule has 1 atom stereocenters. The molecular weight excluding hydrogens is 136 g/mol. The van der Waals surface area contributed by atoms with Crippen molar-refractivity contribution in [1.29, 1.82) is 0 Å². The van der Waals surface area contributed by atoms with E-state index in [1.54, 1.807) is 0 Å². The Morgan fingerprint density at radius 1 is 1.55 bits per heavy atom. The van der Waals surface area contributed by atoms with Crippen molar-refractivity contribution in [1.82, 2.24) is 0 Å². The van der Waals surface area contributed by atoms with E-state index in [1.165, 1.54) is 5.57 Å². The fraction of sp³-hybridized carbons (Fsp3) is 0.700. The van der Waals surface area contributed by atoms with Crippen molar-refractivity contribution < 1.29 is 4.79 Å². The van der Waals surface area contributed by atoms with E-state index in [1.807, 2.05) is 0 Å². The van der Waals surface area contributed by atoms with Gasteiger partial charge < -0.3 is 4.79 Å². The van der Waals surface area contributed by atoms with E-state index in [0.717, 1.165) is 19.1 Å². The summed E-state index contributed by atoms with van der Waals surface area (Å²) in [4.78, 5) is 10.4. The molecular formula is C10H16O. The zero-order chi connectivity index (χ0) is 8.48. The Bertz CT molecular complexity index is 184. The maximum atomic E-state index is 10.4. The molecule has 0 aromatic rings. The molecule has 0 bridgehead atoms. The highest BCUT2D eigenvalue weighted by atomic mass is 16.1. The molecule has 0 saturated heterocycles. The topological polar surface area (TPSA) is 17.1 Å². The Morgan fingerprint density at radius 3 is 2.45 bits per heavy atom. The third-order valence-electron chi connectivity index (χ3n) is 2.30. The van der Waals surface area contributed by atoms with Gasteiger partial charge in [-0.15, -0.1) is 0 Å². The smallest absolute Gasteiger partial charge is 0.126 e. The maximum absolute atomic E-state index is 10.4. The zero-order valence-electron chi connectivity index (χ0n) is 7.55. The number of aldehydes is 1. The van der Waals surface area contributed by atoms with Crippen LogP contribution in [0.1, 0.15) is 33.6 Å². The summed E-state index contributed by atoms with van der Waals surface area (Å²) in [6.45, 7) is 6.60. The Kier molecular flexibility index (Phi) is 2.17. The van der Waals surface area contributed by atoms with E-state index in [9.17, 15) is 4.79 Å². The lowest BCUT2D eigenvalue weighted by Gasteiger charge is -2.19. The Morgan fingerprint density at radius 2 is 2.18 bits per heavy atom. The minimum Gasteiger partial charge on any atom is -0.303 e. The summed E-state index contributed by atoms with van der Waals surface area (Å²) in [5.74, 6) is 0.198. The van der Waals surface area contributed by atoms with Gasteiger partial charge in [0.25, 0.3) is 0 Å². The van der Waals surface area contributed by atoms with Crippen molar-refractivity contribution in [2.75, 3.05) is 0 Å². The van der Waals surface area contributed by atoms with Gasteiger partial charge in [-0.1, -0.05) is 32.4 Å². The number of rotatable bonds is 1. The van der Waals surface area contributed by atoms with E-state index in [2.05, 4.69) is 26.8 Å². The van der Waals surface area contributed by atoms with Crippen LogP contribution < -0.4 is 0 Å². The van der Waals surface area contributed by atoms with Gasteiger partial charge in [-0.3, -0.25) is 0 Å². The van der Waals surface area contributed by atoms with Gasteiger partial charge in [-0.25, -0.2) is 0 Å². The molecule has 1 aliphatic carbocycles. The molecule has 0 saturated carbocycles. The largest absolute Gasteiger partial charge is 0.303 e. The molecule has 0 fully saturated rings. The van der Waals surface area contributed by atoms with Gasteiger partial charge in [-0.05, 0) is 18.3 Å². The average molecular weight is 152 g/mol. The summed E-state index contributed by atoms with van der Waals surface area (Å²) in [7, 11) is 0. The lowest BCUT2D eigenvalue weighted by Crippen LogP contribution is -2.06. The third kappa shape index (κ3) is 1.92. The van der Waals surface area contributed by atoms with Crippen LogP contribution in [-0.4, -0.2) is 6.29 Å². The minimum atomic E-state index is 0.198. The molecule has 0 amide bonds. The fourth-order valence-corrected chi connectivity index (χ4v) is 1.48. The van der Waals surface area contributed by atoms with E-state index in [4.69, 9.17) is 0 Å². The predicted octanol–water partition coefficient (Wildman–Crippen LogP) is 2.57. The molecule has 1 heteroatoms. The molecule has 0 aromatic heterocycles. The molecule has 0 aliphatic heterocycles. The van der Waals surface area contributed by atoms with Gasteiger partial charge in [0.15, 0.2) is 0 Å². The van der Waals surface area contributed by atoms with Crippen molar-refractivity contribution in [3.05, 3.63) is 11.6 Å². The van der Waals surface area contributed by atoms with Crippen LogP contribution in [0, 0.1) is 11.3 Å². The van der Waals surface area contributed by atoms with Gasteiger partial charge in [0, 0.05) is 5.92 Å². The normalized spacial score (nSPS) is 25.0. The lowest BCUT2D eigenvalue weighted by molar-refractivity contribution is -0.109. The second-order valence-electron chi connectivity index (χ2n) is 4.28. The molecule has 62 valence electrons. The summed E-state index contributed by atoms with van der Waals surface area (Å²) in [6, 6.07) is 0. The van der Waals surface area contributed by atoms with E-state index >= 15 is 0 Å². The highest BCUT2D eigenvalue weighted by molar-refractivity contribution is 5.58. The summed E-state index contributed by atoms with van der Waals surface area (Å²) in [5, 5.41) is 0. The Labute approximate surface area is 68.5 Å². The second kappa shape index (κ2) is 2.80. The molecule has 0 radical (unpaired) electrons. The predicted molar refractivity (Wildman–Crippen MR) is 46.3 cm³/mol. The molecule has 1 aliphatic rings. The number of allylic oxidation sites excluding steroid dienone is 2. The van der Waals surface area contributed by atoms with E-state index < -0.39 is 0 Å². The molecule has 1 rings (SSSR count). The van der Waals surface area contributed by atoms with Crippen molar-refractivity contribution in [3.8, 4) is 0 Å². The van der Waals surface area contributed by atoms with Crippen molar-refractivity contribution >= 4 is 6.29 Å². The first kappa shape index (κ1) is 8.51. The molecule has 0 N–H and O–H groups in total. The molecule has 0 heterocycles. The number of carbonyl (C=O) groups excluding carboxylic acids is 1. The monoisotopic (exact) mass is 152 g/mol. The molecule has 1 nitrogen and oxygen atoms in total. The van der Waals surface area contributed by atoms with Gasteiger partial charge in [0.05, 0.1) is 0 Å². The standard InChI is InChI=1S/C10H16O/c1-10(2,3)9-5-4-8(6-9)7-11/h6-8H,4-5H2,1-3H3.